The Balaban J connectivity index is 2.03. The largest absolute Gasteiger partial charge is 0.383 e. The van der Waals surface area contributed by atoms with Gasteiger partial charge in [-0.05, 0) is 48.4 Å². The van der Waals surface area contributed by atoms with Gasteiger partial charge < -0.3 is 13.8 Å². The number of benzene rings is 2. The van der Waals surface area contributed by atoms with Crippen molar-refractivity contribution in [3.05, 3.63) is 59.9 Å². The first-order valence-corrected chi connectivity index (χ1v) is 11.3. The molecular weight excluding hydrogens is 409 g/mol. The zero-order chi connectivity index (χ0) is 22.0. The van der Waals surface area contributed by atoms with Crippen molar-refractivity contribution in [2.24, 2.45) is 0 Å². The molecule has 0 spiro atoms. The van der Waals surface area contributed by atoms with E-state index < -0.39 is 15.9 Å². The van der Waals surface area contributed by atoms with Gasteiger partial charge >= 0.3 is 10.1 Å². The van der Waals surface area contributed by atoms with E-state index in [0.29, 0.717) is 26.1 Å². The van der Waals surface area contributed by atoms with Gasteiger partial charge in [-0.2, -0.15) is 8.42 Å². The van der Waals surface area contributed by atoms with E-state index in [9.17, 15) is 17.6 Å². The molecule has 0 saturated heterocycles. The molecule has 1 amide bonds. The van der Waals surface area contributed by atoms with Crippen molar-refractivity contribution in [1.82, 2.24) is 4.90 Å². The molecule has 0 aliphatic rings. The highest BCUT2D eigenvalue weighted by Gasteiger charge is 2.17. The fourth-order valence-electron chi connectivity index (χ4n) is 2.82. The van der Waals surface area contributed by atoms with Crippen LogP contribution in [-0.2, 0) is 26.2 Å². The van der Waals surface area contributed by atoms with E-state index in [-0.39, 0.29) is 16.6 Å². The van der Waals surface area contributed by atoms with Crippen molar-refractivity contribution in [2.75, 3.05) is 20.3 Å². The summed E-state index contributed by atoms with van der Waals surface area (Å²) in [6, 6.07) is 10.9. The lowest BCUT2D eigenvalue weighted by Crippen LogP contribution is -2.33. The van der Waals surface area contributed by atoms with Gasteiger partial charge in [-0.3, -0.25) is 4.79 Å². The van der Waals surface area contributed by atoms with Gasteiger partial charge in [-0.15, -0.1) is 0 Å². The molecule has 30 heavy (non-hydrogen) atoms. The third-order valence-electron chi connectivity index (χ3n) is 4.52. The van der Waals surface area contributed by atoms with Crippen LogP contribution in [0.5, 0.6) is 5.75 Å². The molecule has 0 atom stereocenters. The maximum Gasteiger partial charge on any atom is 0.339 e. The Kier molecular flexibility index (Phi) is 9.26. The maximum absolute atomic E-state index is 13.0. The van der Waals surface area contributed by atoms with Gasteiger partial charge in [0, 0.05) is 26.6 Å². The summed E-state index contributed by atoms with van der Waals surface area (Å²) < 4.78 is 47.8. The van der Waals surface area contributed by atoms with Crippen LogP contribution in [-0.4, -0.2) is 39.5 Å². The molecule has 0 aromatic heterocycles. The average Bonchev–Trinajstić information content (AvgIpc) is 2.72. The Morgan fingerprint density at radius 3 is 2.30 bits per heavy atom. The fourth-order valence-corrected chi connectivity index (χ4v) is 3.75. The number of halogens is 1. The Hall–Kier alpha value is -2.45. The number of amides is 1. The van der Waals surface area contributed by atoms with Gasteiger partial charge in [0.1, 0.15) is 16.5 Å². The number of ether oxygens (including phenoxy) is 1. The summed E-state index contributed by atoms with van der Waals surface area (Å²) in [5, 5.41) is 0. The number of nitrogens with zero attached hydrogens (tertiary/aromatic N) is 1. The summed E-state index contributed by atoms with van der Waals surface area (Å²) in [6.45, 7) is 3.42. The van der Waals surface area contributed by atoms with Crippen LogP contribution in [0.1, 0.15) is 38.2 Å². The van der Waals surface area contributed by atoms with Gasteiger partial charge in [-0.25, -0.2) is 4.39 Å². The number of carbonyl (C=O) groups is 1. The molecule has 0 heterocycles. The van der Waals surface area contributed by atoms with Crippen LogP contribution in [0, 0.1) is 5.82 Å². The molecule has 164 valence electrons. The van der Waals surface area contributed by atoms with Gasteiger partial charge in [0.05, 0.1) is 6.61 Å². The molecule has 6 nitrogen and oxygen atoms in total. The maximum atomic E-state index is 13.0. The monoisotopic (exact) mass is 437 g/mol. The van der Waals surface area contributed by atoms with E-state index in [4.69, 9.17) is 8.92 Å². The number of hydrogen-bond acceptors (Lipinski definition) is 5. The first-order valence-electron chi connectivity index (χ1n) is 9.91. The van der Waals surface area contributed by atoms with E-state index >= 15 is 0 Å². The fraction of sp³-hybridized carbons (Fsp3) is 0.409. The normalized spacial score (nSPS) is 11.3. The molecule has 2 aromatic rings. The van der Waals surface area contributed by atoms with E-state index in [1.807, 2.05) is 0 Å². The predicted octanol–water partition coefficient (Wildman–Crippen LogP) is 4.15. The molecule has 2 aromatic carbocycles. The van der Waals surface area contributed by atoms with Gasteiger partial charge in [0.2, 0.25) is 5.91 Å². The minimum Gasteiger partial charge on any atom is -0.383 e. The SMILES string of the molecule is CCCCCC(=O)N(CCOC)Cc1ccc(OS(=O)(=O)c2ccc(F)cc2)cc1. The van der Waals surface area contributed by atoms with E-state index in [0.717, 1.165) is 49.1 Å². The third kappa shape index (κ3) is 7.42. The van der Waals surface area contributed by atoms with Crippen molar-refractivity contribution in [3.8, 4) is 5.75 Å². The zero-order valence-corrected chi connectivity index (χ0v) is 18.2. The van der Waals surface area contributed by atoms with Crippen LogP contribution in [0.25, 0.3) is 0 Å². The molecule has 0 N–H and O–H groups in total. The minimum atomic E-state index is -4.05. The molecule has 0 fully saturated rings. The Bertz CT molecular complexity index is 898. The van der Waals surface area contributed by atoms with Gasteiger partial charge in [-0.1, -0.05) is 31.9 Å². The topological polar surface area (TPSA) is 72.9 Å². The quantitative estimate of drug-likeness (QED) is 0.368. The van der Waals surface area contributed by atoms with Crippen molar-refractivity contribution < 1.29 is 26.5 Å². The van der Waals surface area contributed by atoms with Crippen LogP contribution in [0.2, 0.25) is 0 Å². The van der Waals surface area contributed by atoms with Crippen LogP contribution in [0.15, 0.2) is 53.4 Å². The standard InChI is InChI=1S/C22H28FNO5S/c1-3-4-5-6-22(25)24(15-16-28-2)17-18-7-11-20(12-8-18)29-30(26,27)21-13-9-19(23)10-14-21/h7-14H,3-6,15-17H2,1-2H3. The van der Waals surface area contributed by atoms with Crippen molar-refractivity contribution in [1.29, 1.82) is 0 Å². The second-order valence-electron chi connectivity index (χ2n) is 6.90. The number of hydrogen-bond donors (Lipinski definition) is 0. The average molecular weight is 438 g/mol. The van der Waals surface area contributed by atoms with Crippen LogP contribution in [0.3, 0.4) is 0 Å². The Labute approximate surface area is 177 Å². The molecule has 8 heteroatoms. The molecule has 0 aliphatic carbocycles. The summed E-state index contributed by atoms with van der Waals surface area (Å²) in [5.74, 6) is -0.318. The minimum absolute atomic E-state index is 0.0692. The second kappa shape index (κ2) is 11.7. The highest BCUT2D eigenvalue weighted by Crippen LogP contribution is 2.20. The summed E-state index contributed by atoms with van der Waals surface area (Å²) in [5.41, 5.74) is 0.849. The lowest BCUT2D eigenvalue weighted by molar-refractivity contribution is -0.132. The van der Waals surface area contributed by atoms with Gasteiger partial charge in [0.15, 0.2) is 0 Å². The van der Waals surface area contributed by atoms with E-state index in [1.54, 1.807) is 24.1 Å². The van der Waals surface area contributed by atoms with Crippen molar-refractivity contribution in [3.63, 3.8) is 0 Å². The van der Waals surface area contributed by atoms with Crippen molar-refractivity contribution in [2.45, 2.75) is 44.0 Å². The lowest BCUT2D eigenvalue weighted by Gasteiger charge is -2.23. The highest BCUT2D eigenvalue weighted by molar-refractivity contribution is 7.87. The van der Waals surface area contributed by atoms with E-state index in [1.165, 1.54) is 12.1 Å². The van der Waals surface area contributed by atoms with Crippen LogP contribution < -0.4 is 4.18 Å². The first kappa shape index (κ1) is 23.8. The third-order valence-corrected chi connectivity index (χ3v) is 5.78. The summed E-state index contributed by atoms with van der Waals surface area (Å²) in [4.78, 5) is 14.1. The molecule has 0 unspecified atom stereocenters. The Morgan fingerprint density at radius 2 is 1.70 bits per heavy atom. The smallest absolute Gasteiger partial charge is 0.339 e. The van der Waals surface area contributed by atoms with Crippen LogP contribution in [0.4, 0.5) is 4.39 Å². The predicted molar refractivity (Wildman–Crippen MR) is 112 cm³/mol. The molecular formula is C22H28FNO5S. The molecule has 0 saturated carbocycles. The van der Waals surface area contributed by atoms with Crippen LogP contribution >= 0.6 is 0 Å². The second-order valence-corrected chi connectivity index (χ2v) is 8.45. The lowest BCUT2D eigenvalue weighted by atomic mass is 10.1. The highest BCUT2D eigenvalue weighted by atomic mass is 32.2. The summed E-state index contributed by atoms with van der Waals surface area (Å²) in [6.07, 6.45) is 3.41. The summed E-state index contributed by atoms with van der Waals surface area (Å²) in [7, 11) is -2.46. The molecule has 0 radical (unpaired) electrons. The van der Waals surface area contributed by atoms with Crippen molar-refractivity contribution >= 4 is 16.0 Å². The number of rotatable bonds is 12. The first-order chi connectivity index (χ1) is 14.4. The zero-order valence-electron chi connectivity index (χ0n) is 17.3. The molecule has 2 rings (SSSR count). The molecule has 0 aliphatic heterocycles. The number of unbranched alkanes of at least 4 members (excludes halogenated alkanes) is 2. The molecule has 0 bridgehead atoms. The number of methoxy groups -OCH3 is 1. The Morgan fingerprint density at radius 1 is 1.03 bits per heavy atom. The summed E-state index contributed by atoms with van der Waals surface area (Å²) >= 11 is 0. The van der Waals surface area contributed by atoms with E-state index in [2.05, 4.69) is 6.92 Å². The number of carbonyl (C=O) groups excluding carboxylic acids is 1. The van der Waals surface area contributed by atoms with Gasteiger partial charge in [0.25, 0.3) is 0 Å².